The van der Waals surface area contributed by atoms with Crippen LogP contribution >= 0.6 is 11.3 Å². The van der Waals surface area contributed by atoms with Gasteiger partial charge in [0, 0.05) is 26.2 Å². The van der Waals surface area contributed by atoms with Gasteiger partial charge in [0.1, 0.15) is 5.75 Å². The first-order valence-corrected chi connectivity index (χ1v) is 8.30. The predicted octanol–water partition coefficient (Wildman–Crippen LogP) is 3.03. The number of aryl methyl sites for hydroxylation is 1. The number of piperazine rings is 1. The molecule has 1 aliphatic heterocycles. The fourth-order valence-corrected chi connectivity index (χ4v) is 3.67. The summed E-state index contributed by atoms with van der Waals surface area (Å²) >= 11 is 1.53. The second kappa shape index (κ2) is 6.40. The Hall–Kier alpha value is -2.01. The van der Waals surface area contributed by atoms with Crippen LogP contribution in [0, 0.1) is 6.92 Å². The summed E-state index contributed by atoms with van der Waals surface area (Å²) < 4.78 is 5.43. The molecule has 1 amide bonds. The summed E-state index contributed by atoms with van der Waals surface area (Å²) in [6, 6.07) is 10.0. The van der Waals surface area contributed by atoms with Crippen molar-refractivity contribution in [1.29, 1.82) is 0 Å². The van der Waals surface area contributed by atoms with Gasteiger partial charge in [-0.3, -0.25) is 4.79 Å². The highest BCUT2D eigenvalue weighted by Gasteiger charge is 2.24. The Morgan fingerprint density at radius 1 is 1.14 bits per heavy atom. The van der Waals surface area contributed by atoms with Crippen molar-refractivity contribution in [2.45, 2.75) is 6.92 Å². The van der Waals surface area contributed by atoms with E-state index in [1.54, 1.807) is 7.11 Å². The Balaban J connectivity index is 1.68. The number of hydrogen-bond donors (Lipinski definition) is 0. The van der Waals surface area contributed by atoms with Crippen molar-refractivity contribution < 1.29 is 9.53 Å². The minimum absolute atomic E-state index is 0.159. The van der Waals surface area contributed by atoms with Crippen LogP contribution in [0.5, 0.6) is 5.75 Å². The summed E-state index contributed by atoms with van der Waals surface area (Å²) in [6.45, 7) is 5.14. The minimum Gasteiger partial charge on any atom is -0.495 e. The van der Waals surface area contributed by atoms with Crippen LogP contribution in [-0.4, -0.2) is 44.1 Å². The zero-order valence-corrected chi connectivity index (χ0v) is 13.7. The molecule has 1 saturated heterocycles. The number of benzene rings is 1. The zero-order valence-electron chi connectivity index (χ0n) is 12.9. The van der Waals surface area contributed by atoms with E-state index in [1.165, 1.54) is 11.3 Å². The summed E-state index contributed by atoms with van der Waals surface area (Å²) in [5, 5.41) is 1.98. The number of carbonyl (C=O) groups is 1. The summed E-state index contributed by atoms with van der Waals surface area (Å²) in [6.07, 6.45) is 0. The standard InChI is InChI=1S/C17H20N2O2S/c1-13-7-12-22-16(13)17(20)19-10-8-18(9-11-19)14-5-3-4-6-15(14)21-2/h3-7,12H,8-11H2,1-2H3. The SMILES string of the molecule is COc1ccccc1N1CCN(C(=O)c2sccc2C)CC1. The van der Waals surface area contributed by atoms with Crippen LogP contribution < -0.4 is 9.64 Å². The van der Waals surface area contributed by atoms with Crippen LogP contribution in [0.25, 0.3) is 0 Å². The van der Waals surface area contributed by atoms with E-state index >= 15 is 0 Å². The quantitative estimate of drug-likeness (QED) is 0.872. The smallest absolute Gasteiger partial charge is 0.264 e. The average molecular weight is 316 g/mol. The number of hydrogen-bond acceptors (Lipinski definition) is 4. The molecule has 0 spiro atoms. The third kappa shape index (κ3) is 2.81. The Kier molecular flexibility index (Phi) is 4.34. The zero-order chi connectivity index (χ0) is 15.5. The van der Waals surface area contributed by atoms with Gasteiger partial charge >= 0.3 is 0 Å². The van der Waals surface area contributed by atoms with Gasteiger partial charge in [-0.05, 0) is 36.1 Å². The number of methoxy groups -OCH3 is 1. The lowest BCUT2D eigenvalue weighted by Crippen LogP contribution is -2.48. The fraction of sp³-hybridized carbons (Fsp3) is 0.353. The van der Waals surface area contributed by atoms with Gasteiger partial charge in [0.15, 0.2) is 0 Å². The largest absolute Gasteiger partial charge is 0.495 e. The molecule has 0 aliphatic carbocycles. The molecular formula is C17H20N2O2S. The first kappa shape index (κ1) is 14.9. The lowest BCUT2D eigenvalue weighted by Gasteiger charge is -2.36. The Bertz CT molecular complexity index is 660. The molecule has 1 fully saturated rings. The molecule has 22 heavy (non-hydrogen) atoms. The first-order chi connectivity index (χ1) is 10.7. The lowest BCUT2D eigenvalue weighted by molar-refractivity contribution is 0.0751. The number of nitrogens with zero attached hydrogens (tertiary/aromatic N) is 2. The number of rotatable bonds is 3. The second-order valence-electron chi connectivity index (χ2n) is 5.38. The normalized spacial score (nSPS) is 15.0. The molecular weight excluding hydrogens is 296 g/mol. The van der Waals surface area contributed by atoms with Crippen LogP contribution in [0.15, 0.2) is 35.7 Å². The van der Waals surface area contributed by atoms with Crippen molar-refractivity contribution in [2.75, 3.05) is 38.2 Å². The van der Waals surface area contributed by atoms with E-state index < -0.39 is 0 Å². The maximum atomic E-state index is 12.5. The molecule has 1 aromatic heterocycles. The third-order valence-electron chi connectivity index (χ3n) is 4.05. The molecule has 4 nitrogen and oxygen atoms in total. The van der Waals surface area contributed by atoms with Crippen molar-refractivity contribution in [3.63, 3.8) is 0 Å². The van der Waals surface area contributed by atoms with Gasteiger partial charge in [0.2, 0.25) is 0 Å². The summed E-state index contributed by atoms with van der Waals surface area (Å²) in [5.74, 6) is 1.04. The van der Waals surface area contributed by atoms with Crippen LogP contribution in [0.1, 0.15) is 15.2 Å². The first-order valence-electron chi connectivity index (χ1n) is 7.42. The molecule has 0 saturated carbocycles. The number of amides is 1. The minimum atomic E-state index is 0.159. The maximum Gasteiger partial charge on any atom is 0.264 e. The summed E-state index contributed by atoms with van der Waals surface area (Å²) in [5.41, 5.74) is 2.17. The van der Waals surface area contributed by atoms with Crippen molar-refractivity contribution in [2.24, 2.45) is 0 Å². The molecule has 5 heteroatoms. The van der Waals surface area contributed by atoms with Gasteiger partial charge in [-0.1, -0.05) is 12.1 Å². The number of carbonyl (C=O) groups excluding carboxylic acids is 1. The van der Waals surface area contributed by atoms with Crippen molar-refractivity contribution in [3.05, 3.63) is 46.2 Å². The van der Waals surface area contributed by atoms with Crippen molar-refractivity contribution >= 4 is 22.9 Å². The molecule has 0 N–H and O–H groups in total. The molecule has 1 aromatic carbocycles. The molecule has 0 radical (unpaired) electrons. The van der Waals surface area contributed by atoms with Gasteiger partial charge in [0.25, 0.3) is 5.91 Å². The van der Waals surface area contributed by atoms with E-state index in [0.29, 0.717) is 0 Å². The predicted molar refractivity (Wildman–Crippen MR) is 90.2 cm³/mol. The van der Waals surface area contributed by atoms with Crippen LogP contribution in [-0.2, 0) is 0 Å². The van der Waals surface area contributed by atoms with Crippen LogP contribution in [0.3, 0.4) is 0 Å². The Morgan fingerprint density at radius 3 is 2.50 bits per heavy atom. The molecule has 116 valence electrons. The summed E-state index contributed by atoms with van der Waals surface area (Å²) in [7, 11) is 1.69. The highest BCUT2D eigenvalue weighted by atomic mass is 32.1. The van der Waals surface area contributed by atoms with Gasteiger partial charge in [-0.25, -0.2) is 0 Å². The van der Waals surface area contributed by atoms with E-state index in [-0.39, 0.29) is 5.91 Å². The number of anilines is 1. The molecule has 1 aliphatic rings. The number of para-hydroxylation sites is 2. The van der Waals surface area contributed by atoms with E-state index in [2.05, 4.69) is 11.0 Å². The fourth-order valence-electron chi connectivity index (χ4n) is 2.78. The molecule has 0 atom stereocenters. The number of ether oxygens (including phenoxy) is 1. The molecule has 2 aromatic rings. The molecule has 2 heterocycles. The Morgan fingerprint density at radius 2 is 1.86 bits per heavy atom. The van der Waals surface area contributed by atoms with E-state index in [9.17, 15) is 4.79 Å². The monoisotopic (exact) mass is 316 g/mol. The van der Waals surface area contributed by atoms with E-state index in [1.807, 2.05) is 41.5 Å². The van der Waals surface area contributed by atoms with Gasteiger partial charge in [-0.2, -0.15) is 0 Å². The highest BCUT2D eigenvalue weighted by molar-refractivity contribution is 7.12. The molecule has 0 unspecified atom stereocenters. The Labute approximate surface area is 134 Å². The topological polar surface area (TPSA) is 32.8 Å². The average Bonchev–Trinajstić information content (AvgIpc) is 3.00. The summed E-state index contributed by atoms with van der Waals surface area (Å²) in [4.78, 5) is 17.6. The van der Waals surface area contributed by atoms with Crippen molar-refractivity contribution in [3.8, 4) is 5.75 Å². The maximum absolute atomic E-state index is 12.5. The highest BCUT2D eigenvalue weighted by Crippen LogP contribution is 2.28. The lowest BCUT2D eigenvalue weighted by atomic mass is 10.2. The molecule has 3 rings (SSSR count). The third-order valence-corrected chi connectivity index (χ3v) is 5.05. The van der Waals surface area contributed by atoms with Crippen LogP contribution in [0.2, 0.25) is 0 Å². The van der Waals surface area contributed by atoms with Crippen LogP contribution in [0.4, 0.5) is 5.69 Å². The molecule has 0 bridgehead atoms. The van der Waals surface area contributed by atoms with Gasteiger partial charge in [-0.15, -0.1) is 11.3 Å². The van der Waals surface area contributed by atoms with Gasteiger partial charge < -0.3 is 14.5 Å². The van der Waals surface area contributed by atoms with E-state index in [4.69, 9.17) is 4.74 Å². The van der Waals surface area contributed by atoms with Crippen molar-refractivity contribution in [1.82, 2.24) is 4.90 Å². The van der Waals surface area contributed by atoms with Gasteiger partial charge in [0.05, 0.1) is 17.7 Å². The second-order valence-corrected chi connectivity index (χ2v) is 6.30. The van der Waals surface area contributed by atoms with E-state index in [0.717, 1.165) is 48.1 Å². The number of thiophene rings is 1.